The van der Waals surface area contributed by atoms with Gasteiger partial charge in [0.1, 0.15) is 0 Å². The number of benzene rings is 9. The second kappa shape index (κ2) is 14.5. The van der Waals surface area contributed by atoms with Crippen molar-refractivity contribution in [3.8, 4) is 73.2 Å². The molecular formula is C55H36N4. The van der Waals surface area contributed by atoms with Crippen LogP contribution in [0.15, 0.2) is 218 Å². The Bertz CT molecular complexity index is 3260. The summed E-state index contributed by atoms with van der Waals surface area (Å²) in [6.07, 6.45) is 0. The molecule has 0 aliphatic carbocycles. The van der Waals surface area contributed by atoms with Crippen LogP contribution in [0, 0.1) is 0 Å². The summed E-state index contributed by atoms with van der Waals surface area (Å²) in [6.45, 7) is 0. The minimum Gasteiger partial charge on any atom is -0.309 e. The second-order valence-electron chi connectivity index (χ2n) is 14.8. The highest BCUT2D eigenvalue weighted by Gasteiger charge is 2.18. The second-order valence-corrected chi connectivity index (χ2v) is 14.8. The van der Waals surface area contributed by atoms with Crippen LogP contribution in [0.25, 0.3) is 106 Å². The van der Waals surface area contributed by atoms with Crippen molar-refractivity contribution < 1.29 is 0 Å². The molecule has 276 valence electrons. The molecule has 0 aliphatic heterocycles. The van der Waals surface area contributed by atoms with Crippen molar-refractivity contribution in [2.75, 3.05) is 0 Å². The summed E-state index contributed by atoms with van der Waals surface area (Å²) >= 11 is 0. The summed E-state index contributed by atoms with van der Waals surface area (Å²) < 4.78 is 2.40. The van der Waals surface area contributed by atoms with E-state index >= 15 is 0 Å². The fourth-order valence-electron chi connectivity index (χ4n) is 8.48. The molecule has 59 heavy (non-hydrogen) atoms. The number of aromatic nitrogens is 4. The first-order chi connectivity index (χ1) is 29.3. The van der Waals surface area contributed by atoms with E-state index in [0.717, 1.165) is 55.4 Å². The van der Waals surface area contributed by atoms with Gasteiger partial charge in [-0.25, -0.2) is 15.0 Å². The molecule has 4 nitrogen and oxygen atoms in total. The van der Waals surface area contributed by atoms with E-state index in [1.54, 1.807) is 0 Å². The van der Waals surface area contributed by atoms with Crippen LogP contribution < -0.4 is 0 Å². The van der Waals surface area contributed by atoms with Crippen molar-refractivity contribution in [3.63, 3.8) is 0 Å². The molecule has 4 heteroatoms. The zero-order valence-electron chi connectivity index (χ0n) is 32.1. The van der Waals surface area contributed by atoms with E-state index in [2.05, 4.69) is 199 Å². The summed E-state index contributed by atoms with van der Waals surface area (Å²) in [6, 6.07) is 77.0. The topological polar surface area (TPSA) is 43.6 Å². The summed E-state index contributed by atoms with van der Waals surface area (Å²) in [5.41, 5.74) is 13.3. The molecule has 0 aliphatic rings. The Kier molecular flexibility index (Phi) is 8.45. The van der Waals surface area contributed by atoms with Crippen LogP contribution in [-0.2, 0) is 0 Å². The van der Waals surface area contributed by atoms with Crippen molar-refractivity contribution in [2.24, 2.45) is 0 Å². The molecule has 0 fully saturated rings. The van der Waals surface area contributed by atoms with Crippen LogP contribution in [0.5, 0.6) is 0 Å². The maximum absolute atomic E-state index is 5.16. The Balaban J connectivity index is 1.03. The zero-order chi connectivity index (χ0) is 39.1. The van der Waals surface area contributed by atoms with E-state index in [9.17, 15) is 0 Å². The van der Waals surface area contributed by atoms with Crippen LogP contribution in [0.4, 0.5) is 0 Å². The van der Waals surface area contributed by atoms with Gasteiger partial charge in [0.15, 0.2) is 17.5 Å². The first kappa shape index (κ1) is 34.3. The fourth-order valence-corrected chi connectivity index (χ4v) is 8.48. The molecule has 0 saturated heterocycles. The van der Waals surface area contributed by atoms with Crippen LogP contribution in [0.1, 0.15) is 0 Å². The third kappa shape index (κ3) is 6.15. The number of hydrogen-bond donors (Lipinski definition) is 0. The first-order valence-electron chi connectivity index (χ1n) is 19.9. The SMILES string of the molecule is c1ccc(-c2ccc(-c3nc(-c4ccccc4)nc(-c4ccc(-c5cccc(-c6ccccc6-n6c7ccccc7c7ccccc76)c5)c5ccccc45)n3)cc2)cc1. The summed E-state index contributed by atoms with van der Waals surface area (Å²) in [5, 5.41) is 4.71. The zero-order valence-corrected chi connectivity index (χ0v) is 32.1. The third-order valence-corrected chi connectivity index (χ3v) is 11.3. The van der Waals surface area contributed by atoms with Gasteiger partial charge in [0.05, 0.1) is 16.7 Å². The number of para-hydroxylation sites is 3. The average Bonchev–Trinajstić information content (AvgIpc) is 3.66. The van der Waals surface area contributed by atoms with Gasteiger partial charge in [0, 0.05) is 33.0 Å². The standard InChI is InChI=1S/C55H36N4/c1-3-16-37(17-4-1)38-30-32-40(33-31-38)54-56-53(39-18-5-2-6-19-39)57-55(58-54)49-35-34-43(45-23-7-8-24-46(45)49)41-20-15-21-42(36-41)44-22-9-12-27-50(44)59-51-28-13-10-25-47(51)48-26-11-14-29-52(48)59/h1-36H. The lowest BCUT2D eigenvalue weighted by atomic mass is 9.92. The number of rotatable bonds is 7. The van der Waals surface area contributed by atoms with E-state index in [-0.39, 0.29) is 0 Å². The largest absolute Gasteiger partial charge is 0.309 e. The quantitative estimate of drug-likeness (QED) is 0.163. The lowest BCUT2D eigenvalue weighted by Crippen LogP contribution is -2.01. The Morgan fingerprint density at radius 2 is 0.678 bits per heavy atom. The van der Waals surface area contributed by atoms with Gasteiger partial charge in [-0.3, -0.25) is 0 Å². The molecule has 11 rings (SSSR count). The lowest BCUT2D eigenvalue weighted by Gasteiger charge is -2.16. The lowest BCUT2D eigenvalue weighted by molar-refractivity contribution is 1.08. The van der Waals surface area contributed by atoms with Crippen LogP contribution in [0.2, 0.25) is 0 Å². The predicted molar refractivity (Wildman–Crippen MR) is 244 cm³/mol. The number of hydrogen-bond acceptors (Lipinski definition) is 3. The van der Waals surface area contributed by atoms with Crippen molar-refractivity contribution >= 4 is 32.6 Å². The smallest absolute Gasteiger partial charge is 0.164 e. The Morgan fingerprint density at radius 3 is 1.34 bits per heavy atom. The van der Waals surface area contributed by atoms with Crippen LogP contribution in [0.3, 0.4) is 0 Å². The summed E-state index contributed by atoms with van der Waals surface area (Å²) in [7, 11) is 0. The highest BCUT2D eigenvalue weighted by molar-refractivity contribution is 6.10. The van der Waals surface area contributed by atoms with E-state index in [1.165, 1.54) is 32.9 Å². The molecule has 0 spiro atoms. The Labute approximate surface area is 342 Å². The third-order valence-electron chi connectivity index (χ3n) is 11.3. The van der Waals surface area contributed by atoms with Gasteiger partial charge in [-0.05, 0) is 68.9 Å². The van der Waals surface area contributed by atoms with Crippen molar-refractivity contribution in [1.29, 1.82) is 0 Å². The van der Waals surface area contributed by atoms with Crippen molar-refractivity contribution in [1.82, 2.24) is 19.5 Å². The highest BCUT2D eigenvalue weighted by atomic mass is 15.0. The van der Waals surface area contributed by atoms with Gasteiger partial charge in [0.2, 0.25) is 0 Å². The van der Waals surface area contributed by atoms with E-state index < -0.39 is 0 Å². The van der Waals surface area contributed by atoms with Gasteiger partial charge >= 0.3 is 0 Å². The molecular weight excluding hydrogens is 717 g/mol. The molecule has 0 amide bonds. The van der Waals surface area contributed by atoms with Crippen LogP contribution in [-0.4, -0.2) is 19.5 Å². The Hall–Kier alpha value is -7.95. The maximum Gasteiger partial charge on any atom is 0.164 e. The molecule has 11 aromatic rings. The van der Waals surface area contributed by atoms with Gasteiger partial charge in [-0.15, -0.1) is 0 Å². The maximum atomic E-state index is 5.16. The van der Waals surface area contributed by atoms with Gasteiger partial charge in [-0.1, -0.05) is 188 Å². The molecule has 0 saturated carbocycles. The predicted octanol–water partition coefficient (Wildman–Crippen LogP) is 14.1. The number of nitrogens with zero attached hydrogens (tertiary/aromatic N) is 4. The highest BCUT2D eigenvalue weighted by Crippen LogP contribution is 2.40. The van der Waals surface area contributed by atoms with E-state index in [1.807, 2.05) is 24.3 Å². The first-order valence-corrected chi connectivity index (χ1v) is 19.9. The van der Waals surface area contributed by atoms with Gasteiger partial charge < -0.3 is 4.57 Å². The summed E-state index contributed by atoms with van der Waals surface area (Å²) in [5.74, 6) is 1.91. The molecule has 2 heterocycles. The molecule has 9 aromatic carbocycles. The minimum absolute atomic E-state index is 0.635. The molecule has 0 atom stereocenters. The van der Waals surface area contributed by atoms with E-state index in [4.69, 9.17) is 15.0 Å². The molecule has 0 radical (unpaired) electrons. The normalized spacial score (nSPS) is 11.4. The summed E-state index contributed by atoms with van der Waals surface area (Å²) in [4.78, 5) is 15.3. The Morgan fingerprint density at radius 1 is 0.254 bits per heavy atom. The van der Waals surface area contributed by atoms with Gasteiger partial charge in [0.25, 0.3) is 0 Å². The fraction of sp³-hybridized carbons (Fsp3) is 0. The minimum atomic E-state index is 0.635. The van der Waals surface area contributed by atoms with Crippen LogP contribution >= 0.6 is 0 Å². The number of fused-ring (bicyclic) bond motifs is 4. The van der Waals surface area contributed by atoms with Gasteiger partial charge in [-0.2, -0.15) is 0 Å². The molecule has 0 unspecified atom stereocenters. The average molecular weight is 753 g/mol. The van der Waals surface area contributed by atoms with E-state index in [0.29, 0.717) is 17.5 Å². The van der Waals surface area contributed by atoms with Crippen molar-refractivity contribution in [2.45, 2.75) is 0 Å². The molecule has 2 aromatic heterocycles. The molecule has 0 N–H and O–H groups in total. The monoisotopic (exact) mass is 752 g/mol. The van der Waals surface area contributed by atoms with Crippen molar-refractivity contribution in [3.05, 3.63) is 218 Å². The molecule has 0 bridgehead atoms.